The fraction of sp³-hybridized carbons (Fsp3) is 0.500. The zero-order valence-corrected chi connectivity index (χ0v) is 7.12. The Morgan fingerprint density at radius 2 is 1.77 bits per heavy atom. The van der Waals surface area contributed by atoms with Crippen LogP contribution in [0.5, 0.6) is 0 Å². The molecule has 7 nitrogen and oxygen atoms in total. The highest BCUT2D eigenvalue weighted by molar-refractivity contribution is 6.32. The summed E-state index contributed by atoms with van der Waals surface area (Å²) in [5.41, 5.74) is 4.74. The fourth-order valence-electron chi connectivity index (χ4n) is 0.527. The minimum absolute atomic E-state index is 0.122. The lowest BCUT2D eigenvalue weighted by Crippen LogP contribution is -2.39. The number of nitrogens with two attached hydrogens (primary N) is 1. The van der Waals surface area contributed by atoms with E-state index in [1.54, 1.807) is 0 Å². The number of esters is 1. The number of ether oxygens (including phenoxy) is 1. The Kier molecular flexibility index (Phi) is 5.01. The van der Waals surface area contributed by atoms with Crippen molar-refractivity contribution in [1.29, 1.82) is 0 Å². The van der Waals surface area contributed by atoms with Crippen LogP contribution in [0.4, 0.5) is 4.79 Å². The molecule has 13 heavy (non-hydrogen) atoms. The van der Waals surface area contributed by atoms with Crippen molar-refractivity contribution < 1.29 is 19.1 Å². The minimum Gasteiger partial charge on any atom is -0.462 e. The van der Waals surface area contributed by atoms with Gasteiger partial charge < -0.3 is 21.1 Å². The summed E-state index contributed by atoms with van der Waals surface area (Å²) in [6, 6.07) is -0.688. The quantitative estimate of drug-likeness (QED) is 0.269. The third-order valence-electron chi connectivity index (χ3n) is 1.08. The molecule has 0 aliphatic rings. The largest absolute Gasteiger partial charge is 0.462 e. The maximum Gasteiger partial charge on any atom is 0.396 e. The van der Waals surface area contributed by atoms with Crippen molar-refractivity contribution in [1.82, 2.24) is 10.6 Å². The van der Waals surface area contributed by atoms with E-state index in [9.17, 15) is 14.4 Å². The summed E-state index contributed by atoms with van der Waals surface area (Å²) < 4.78 is 4.13. The van der Waals surface area contributed by atoms with Gasteiger partial charge in [-0.2, -0.15) is 0 Å². The normalized spacial score (nSPS) is 8.69. The van der Waals surface area contributed by atoms with Crippen molar-refractivity contribution >= 4 is 17.9 Å². The zero-order valence-electron chi connectivity index (χ0n) is 7.12. The van der Waals surface area contributed by atoms with Crippen LogP contribution in [0.1, 0.15) is 0 Å². The molecule has 0 saturated heterocycles. The summed E-state index contributed by atoms with van der Waals surface area (Å²) in [6.45, 7) is 0.287. The molecule has 0 aliphatic heterocycles. The van der Waals surface area contributed by atoms with Crippen LogP contribution >= 0.6 is 0 Å². The second-order valence-electron chi connectivity index (χ2n) is 2.04. The number of urea groups is 1. The van der Waals surface area contributed by atoms with Gasteiger partial charge in [-0.15, -0.1) is 0 Å². The lowest BCUT2D eigenvalue weighted by molar-refractivity contribution is -0.152. The molecule has 0 bridgehead atoms. The van der Waals surface area contributed by atoms with E-state index in [0.29, 0.717) is 0 Å². The van der Waals surface area contributed by atoms with Crippen LogP contribution in [0.2, 0.25) is 0 Å². The van der Waals surface area contributed by atoms with Crippen LogP contribution in [0, 0.1) is 0 Å². The third-order valence-corrected chi connectivity index (χ3v) is 1.08. The second kappa shape index (κ2) is 5.81. The van der Waals surface area contributed by atoms with Crippen molar-refractivity contribution in [2.75, 3.05) is 20.2 Å². The van der Waals surface area contributed by atoms with Gasteiger partial charge in [-0.3, -0.25) is 4.79 Å². The molecule has 0 aromatic rings. The van der Waals surface area contributed by atoms with Crippen molar-refractivity contribution in [3.8, 4) is 0 Å². The smallest absolute Gasteiger partial charge is 0.396 e. The summed E-state index contributed by atoms with van der Waals surface area (Å²) in [5, 5.41) is 4.43. The van der Waals surface area contributed by atoms with Crippen LogP contribution in [-0.4, -0.2) is 38.1 Å². The van der Waals surface area contributed by atoms with Crippen molar-refractivity contribution in [2.24, 2.45) is 5.73 Å². The monoisotopic (exact) mass is 189 g/mol. The number of hydrogen-bond donors (Lipinski definition) is 3. The number of carbonyl (C=O) groups is 3. The van der Waals surface area contributed by atoms with Crippen molar-refractivity contribution in [3.63, 3.8) is 0 Å². The number of carbonyl (C=O) groups excluding carboxylic acids is 3. The first-order valence-corrected chi connectivity index (χ1v) is 3.47. The third kappa shape index (κ3) is 5.48. The van der Waals surface area contributed by atoms with Crippen molar-refractivity contribution in [3.05, 3.63) is 0 Å². The molecule has 0 spiro atoms. The van der Waals surface area contributed by atoms with Crippen LogP contribution in [0.25, 0.3) is 0 Å². The Bertz CT molecular complexity index is 216. The van der Waals surface area contributed by atoms with Gasteiger partial charge in [0.1, 0.15) is 0 Å². The summed E-state index contributed by atoms with van der Waals surface area (Å²) in [7, 11) is 1.10. The number of primary amides is 1. The van der Waals surface area contributed by atoms with E-state index < -0.39 is 17.9 Å². The molecule has 3 amide bonds. The lowest BCUT2D eigenvalue weighted by Gasteiger charge is -2.03. The molecule has 7 heteroatoms. The molecule has 0 atom stereocenters. The number of amides is 3. The molecule has 0 unspecified atom stereocenters. The Morgan fingerprint density at radius 3 is 2.23 bits per heavy atom. The molecule has 0 radical (unpaired) electrons. The summed E-state index contributed by atoms with van der Waals surface area (Å²) in [6.07, 6.45) is 0. The van der Waals surface area contributed by atoms with Crippen LogP contribution in [0.15, 0.2) is 0 Å². The van der Waals surface area contributed by atoms with Gasteiger partial charge in [-0.1, -0.05) is 0 Å². The standard InChI is InChI=1S/C6H11N3O4/c1-13-5(11)4(10)8-2-3-9-6(7)12/h2-3H2,1H3,(H,8,10)(H3,7,9,12). The highest BCUT2D eigenvalue weighted by Crippen LogP contribution is 1.72. The molecule has 0 fully saturated rings. The van der Waals surface area contributed by atoms with Gasteiger partial charge in [-0.25, -0.2) is 9.59 Å². The Labute approximate surface area is 74.6 Å². The first kappa shape index (κ1) is 11.2. The first-order chi connectivity index (χ1) is 6.07. The van der Waals surface area contributed by atoms with Gasteiger partial charge >= 0.3 is 17.9 Å². The molecule has 0 aliphatic carbocycles. The van der Waals surface area contributed by atoms with Gasteiger partial charge in [0.05, 0.1) is 7.11 Å². The van der Waals surface area contributed by atoms with Gasteiger partial charge in [0, 0.05) is 13.1 Å². The molecule has 4 N–H and O–H groups in total. The van der Waals surface area contributed by atoms with Crippen LogP contribution in [0.3, 0.4) is 0 Å². The molecule has 0 rings (SSSR count). The fourth-order valence-corrected chi connectivity index (χ4v) is 0.527. The average Bonchev–Trinajstić information content (AvgIpc) is 2.10. The minimum atomic E-state index is -0.973. The molecule has 0 saturated carbocycles. The highest BCUT2D eigenvalue weighted by Gasteiger charge is 2.11. The van der Waals surface area contributed by atoms with E-state index in [1.807, 2.05) is 0 Å². The molecular formula is C6H11N3O4. The maximum absolute atomic E-state index is 10.7. The van der Waals surface area contributed by atoms with Gasteiger partial charge in [0.25, 0.3) is 0 Å². The van der Waals surface area contributed by atoms with Crippen LogP contribution < -0.4 is 16.4 Å². The Morgan fingerprint density at radius 1 is 1.23 bits per heavy atom. The number of nitrogens with one attached hydrogen (secondary N) is 2. The SMILES string of the molecule is COC(=O)C(=O)NCCNC(N)=O. The van der Waals surface area contributed by atoms with Gasteiger partial charge in [0.15, 0.2) is 0 Å². The summed E-state index contributed by atoms with van der Waals surface area (Å²) >= 11 is 0. The maximum atomic E-state index is 10.7. The van der Waals surface area contributed by atoms with E-state index in [-0.39, 0.29) is 13.1 Å². The highest BCUT2D eigenvalue weighted by atomic mass is 16.5. The number of methoxy groups -OCH3 is 1. The van der Waals surface area contributed by atoms with E-state index in [2.05, 4.69) is 15.4 Å². The predicted octanol–water partition coefficient (Wildman–Crippen LogP) is -2.06. The summed E-state index contributed by atoms with van der Waals surface area (Å²) in [5.74, 6) is -1.83. The predicted molar refractivity (Wildman–Crippen MR) is 42.6 cm³/mol. The topological polar surface area (TPSA) is 111 Å². The van der Waals surface area contributed by atoms with E-state index in [0.717, 1.165) is 7.11 Å². The molecule has 0 aromatic heterocycles. The Balaban J connectivity index is 3.48. The second-order valence-corrected chi connectivity index (χ2v) is 2.04. The average molecular weight is 189 g/mol. The number of hydrogen-bond acceptors (Lipinski definition) is 4. The Hall–Kier alpha value is -1.79. The van der Waals surface area contributed by atoms with E-state index >= 15 is 0 Å². The van der Waals surface area contributed by atoms with Crippen molar-refractivity contribution in [2.45, 2.75) is 0 Å². The molecule has 74 valence electrons. The lowest BCUT2D eigenvalue weighted by atomic mass is 10.5. The van der Waals surface area contributed by atoms with E-state index in [4.69, 9.17) is 5.73 Å². The van der Waals surface area contributed by atoms with Gasteiger partial charge in [0.2, 0.25) is 0 Å². The molecule has 0 aromatic carbocycles. The van der Waals surface area contributed by atoms with Crippen LogP contribution in [-0.2, 0) is 14.3 Å². The molecule has 0 heterocycles. The van der Waals surface area contributed by atoms with E-state index in [1.165, 1.54) is 0 Å². The summed E-state index contributed by atoms with van der Waals surface area (Å²) in [4.78, 5) is 31.3. The zero-order chi connectivity index (χ0) is 10.3. The van der Waals surface area contributed by atoms with Gasteiger partial charge in [-0.05, 0) is 0 Å². The molecular weight excluding hydrogens is 178 g/mol. The number of rotatable bonds is 3. The first-order valence-electron chi connectivity index (χ1n) is 3.47.